The zero-order chi connectivity index (χ0) is 16.2. The lowest BCUT2D eigenvalue weighted by Gasteiger charge is -2.34. The molecule has 3 rings (SSSR count). The zero-order valence-electron chi connectivity index (χ0n) is 13.7. The molecule has 1 atom stereocenters. The van der Waals surface area contributed by atoms with Crippen molar-refractivity contribution in [2.24, 2.45) is 0 Å². The summed E-state index contributed by atoms with van der Waals surface area (Å²) in [6.45, 7) is 4.07. The van der Waals surface area contributed by atoms with Crippen molar-refractivity contribution in [3.8, 4) is 11.4 Å². The Morgan fingerprint density at radius 2 is 2.00 bits per heavy atom. The lowest BCUT2D eigenvalue weighted by molar-refractivity contribution is 0.0996. The van der Waals surface area contributed by atoms with Gasteiger partial charge in [0.1, 0.15) is 5.75 Å². The Kier molecular flexibility index (Phi) is 5.07. The third-order valence-electron chi connectivity index (χ3n) is 4.49. The molecule has 124 valence electrons. The first-order valence-electron chi connectivity index (χ1n) is 8.14. The van der Waals surface area contributed by atoms with Crippen LogP contribution in [0.4, 0.5) is 0 Å². The van der Waals surface area contributed by atoms with Gasteiger partial charge in [0.25, 0.3) is 0 Å². The summed E-state index contributed by atoms with van der Waals surface area (Å²) in [6, 6.07) is 8.28. The van der Waals surface area contributed by atoms with E-state index in [1.807, 2.05) is 28.9 Å². The largest absolute Gasteiger partial charge is 0.497 e. The summed E-state index contributed by atoms with van der Waals surface area (Å²) in [5.74, 6) is 0.812. The van der Waals surface area contributed by atoms with Crippen LogP contribution in [0.5, 0.6) is 5.75 Å². The normalized spacial score (nSPS) is 19.0. The highest BCUT2D eigenvalue weighted by molar-refractivity contribution is 7.71. The molecule has 0 bridgehead atoms. The topological polar surface area (TPSA) is 48.1 Å². The monoisotopic (exact) mass is 333 g/mol. The SMILES string of the molecule is CC[C@@H]1CCCCN1Cn1nnn(-c2ccc(OC)cc2)c1=S. The van der Waals surface area contributed by atoms with Gasteiger partial charge in [0, 0.05) is 12.6 Å². The second-order valence-corrected chi connectivity index (χ2v) is 6.25. The molecule has 0 radical (unpaired) electrons. The predicted molar refractivity (Wildman–Crippen MR) is 91.4 cm³/mol. The number of tetrazole rings is 1. The van der Waals surface area contributed by atoms with Crippen molar-refractivity contribution < 1.29 is 4.74 Å². The van der Waals surface area contributed by atoms with Gasteiger partial charge in [0.15, 0.2) is 0 Å². The van der Waals surface area contributed by atoms with Crippen LogP contribution in [0.15, 0.2) is 24.3 Å². The van der Waals surface area contributed by atoms with Crippen molar-refractivity contribution >= 4 is 12.2 Å². The highest BCUT2D eigenvalue weighted by Gasteiger charge is 2.21. The van der Waals surface area contributed by atoms with Gasteiger partial charge in [-0.05, 0) is 66.2 Å². The second-order valence-electron chi connectivity index (χ2n) is 5.88. The van der Waals surface area contributed by atoms with E-state index in [0.29, 0.717) is 17.5 Å². The van der Waals surface area contributed by atoms with Crippen LogP contribution in [0.3, 0.4) is 0 Å². The molecule has 2 aromatic rings. The maximum atomic E-state index is 5.55. The molecular formula is C16H23N5OS. The lowest BCUT2D eigenvalue weighted by Crippen LogP contribution is -2.40. The van der Waals surface area contributed by atoms with E-state index in [4.69, 9.17) is 17.0 Å². The van der Waals surface area contributed by atoms with Crippen LogP contribution in [0.25, 0.3) is 5.69 Å². The van der Waals surface area contributed by atoms with Gasteiger partial charge in [-0.25, -0.2) is 4.68 Å². The molecule has 23 heavy (non-hydrogen) atoms. The van der Waals surface area contributed by atoms with Crippen molar-refractivity contribution in [1.82, 2.24) is 24.7 Å². The molecule has 1 aromatic carbocycles. The maximum Gasteiger partial charge on any atom is 0.221 e. The summed E-state index contributed by atoms with van der Waals surface area (Å²) < 4.78 is 9.31. The van der Waals surface area contributed by atoms with Gasteiger partial charge in [-0.2, -0.15) is 4.68 Å². The third kappa shape index (κ3) is 3.45. The van der Waals surface area contributed by atoms with Gasteiger partial charge in [-0.1, -0.05) is 13.3 Å². The summed E-state index contributed by atoms with van der Waals surface area (Å²) >= 11 is 5.55. The van der Waals surface area contributed by atoms with E-state index in [0.717, 1.165) is 18.0 Å². The van der Waals surface area contributed by atoms with Crippen LogP contribution in [0, 0.1) is 4.77 Å². The van der Waals surface area contributed by atoms with E-state index in [1.165, 1.54) is 25.7 Å². The molecule has 0 unspecified atom stereocenters. The highest BCUT2D eigenvalue weighted by Crippen LogP contribution is 2.20. The summed E-state index contributed by atoms with van der Waals surface area (Å²) in [4.78, 5) is 2.46. The molecule has 1 fully saturated rings. The van der Waals surface area contributed by atoms with E-state index in [2.05, 4.69) is 22.3 Å². The number of piperidine rings is 1. The number of nitrogens with zero attached hydrogens (tertiary/aromatic N) is 5. The predicted octanol–water partition coefficient (Wildman–Crippen LogP) is 3.03. The fourth-order valence-corrected chi connectivity index (χ4v) is 3.37. The quantitative estimate of drug-likeness (QED) is 0.787. The number of hydrogen-bond donors (Lipinski definition) is 0. The lowest BCUT2D eigenvalue weighted by atomic mass is 10.0. The number of rotatable bonds is 5. The van der Waals surface area contributed by atoms with Crippen LogP contribution >= 0.6 is 12.2 Å². The standard InChI is InChI=1S/C16H23N5OS/c1-3-13-6-4-5-11-19(13)12-20-16(23)21(18-17-20)14-7-9-15(22-2)10-8-14/h7-10,13H,3-6,11-12H2,1-2H3/t13-/m1/s1. The molecule has 0 aliphatic carbocycles. The van der Waals surface area contributed by atoms with Gasteiger partial charge < -0.3 is 4.74 Å². The Morgan fingerprint density at radius 3 is 2.70 bits per heavy atom. The summed E-state index contributed by atoms with van der Waals surface area (Å²) in [5, 5.41) is 8.47. The molecule has 1 aliphatic rings. The highest BCUT2D eigenvalue weighted by atomic mass is 32.1. The minimum absolute atomic E-state index is 0.621. The number of aromatic nitrogens is 4. The maximum absolute atomic E-state index is 5.55. The van der Waals surface area contributed by atoms with E-state index in [-0.39, 0.29) is 0 Å². The molecule has 0 amide bonds. The average molecular weight is 333 g/mol. The number of ether oxygens (including phenoxy) is 1. The van der Waals surface area contributed by atoms with Gasteiger partial charge in [-0.15, -0.1) is 0 Å². The molecule has 1 aromatic heterocycles. The first-order chi connectivity index (χ1) is 11.2. The Morgan fingerprint density at radius 1 is 1.22 bits per heavy atom. The molecule has 0 N–H and O–H groups in total. The first-order valence-corrected chi connectivity index (χ1v) is 8.55. The molecule has 1 saturated heterocycles. The number of methoxy groups -OCH3 is 1. The average Bonchev–Trinajstić information content (AvgIpc) is 2.96. The molecule has 2 heterocycles. The van der Waals surface area contributed by atoms with Crippen LogP contribution in [-0.2, 0) is 6.67 Å². The zero-order valence-corrected chi connectivity index (χ0v) is 14.5. The molecule has 1 aliphatic heterocycles. The van der Waals surface area contributed by atoms with Gasteiger partial charge in [0.05, 0.1) is 19.5 Å². The Labute approximate surface area is 141 Å². The minimum Gasteiger partial charge on any atom is -0.497 e. The Bertz CT molecular complexity index is 693. The van der Waals surface area contributed by atoms with Crippen molar-refractivity contribution in [3.05, 3.63) is 29.0 Å². The fraction of sp³-hybridized carbons (Fsp3) is 0.562. The van der Waals surface area contributed by atoms with Crippen molar-refractivity contribution in [3.63, 3.8) is 0 Å². The summed E-state index contributed by atoms with van der Waals surface area (Å²) in [6.07, 6.45) is 4.99. The number of likely N-dealkylation sites (tertiary alicyclic amines) is 1. The van der Waals surface area contributed by atoms with E-state index >= 15 is 0 Å². The molecule has 7 heteroatoms. The Balaban J connectivity index is 1.79. The Hall–Kier alpha value is -1.73. The smallest absolute Gasteiger partial charge is 0.221 e. The first kappa shape index (κ1) is 16.1. The fourth-order valence-electron chi connectivity index (χ4n) is 3.13. The van der Waals surface area contributed by atoms with Crippen molar-refractivity contribution in [2.75, 3.05) is 13.7 Å². The van der Waals surface area contributed by atoms with Crippen LogP contribution in [-0.4, -0.2) is 44.4 Å². The number of benzene rings is 1. The molecule has 0 saturated carbocycles. The second kappa shape index (κ2) is 7.23. The van der Waals surface area contributed by atoms with Crippen molar-refractivity contribution in [1.29, 1.82) is 0 Å². The van der Waals surface area contributed by atoms with E-state index in [9.17, 15) is 0 Å². The number of hydrogen-bond acceptors (Lipinski definition) is 5. The van der Waals surface area contributed by atoms with Gasteiger partial charge in [0.2, 0.25) is 4.77 Å². The van der Waals surface area contributed by atoms with Crippen LogP contribution in [0.1, 0.15) is 32.6 Å². The van der Waals surface area contributed by atoms with Crippen LogP contribution in [0.2, 0.25) is 0 Å². The minimum atomic E-state index is 0.621. The molecule has 6 nitrogen and oxygen atoms in total. The summed E-state index contributed by atoms with van der Waals surface area (Å²) in [5.41, 5.74) is 0.896. The molecule has 0 spiro atoms. The van der Waals surface area contributed by atoms with Gasteiger partial charge in [-0.3, -0.25) is 4.90 Å². The van der Waals surface area contributed by atoms with Crippen LogP contribution < -0.4 is 4.74 Å². The van der Waals surface area contributed by atoms with E-state index < -0.39 is 0 Å². The summed E-state index contributed by atoms with van der Waals surface area (Å²) in [7, 11) is 1.65. The van der Waals surface area contributed by atoms with Gasteiger partial charge >= 0.3 is 0 Å². The molecular weight excluding hydrogens is 310 g/mol. The van der Waals surface area contributed by atoms with Crippen molar-refractivity contribution in [2.45, 2.75) is 45.3 Å². The van der Waals surface area contributed by atoms with E-state index in [1.54, 1.807) is 11.8 Å². The third-order valence-corrected chi connectivity index (χ3v) is 4.88.